The number of carboxylic acid groups (broad SMARTS) is 1. The molecule has 0 aliphatic rings. The number of carboxylic acids is 1. The SMILES string of the molecule is Cc1ccc(CSc2nc(CC(=O)O)cs2)o1. The molecule has 0 spiro atoms. The summed E-state index contributed by atoms with van der Waals surface area (Å²) in [5, 5.41) is 10.4. The molecule has 0 radical (unpaired) electrons. The monoisotopic (exact) mass is 269 g/mol. The van der Waals surface area contributed by atoms with Crippen molar-refractivity contribution in [3.05, 3.63) is 34.7 Å². The largest absolute Gasteiger partial charge is 0.481 e. The van der Waals surface area contributed by atoms with Crippen LogP contribution in [0.2, 0.25) is 0 Å². The minimum Gasteiger partial charge on any atom is -0.481 e. The fourth-order valence-electron chi connectivity index (χ4n) is 1.29. The third kappa shape index (κ3) is 3.61. The van der Waals surface area contributed by atoms with Crippen LogP contribution in [0.5, 0.6) is 0 Å². The predicted molar refractivity (Wildman–Crippen MR) is 66.5 cm³/mol. The van der Waals surface area contributed by atoms with Crippen LogP contribution in [0.1, 0.15) is 17.2 Å². The molecule has 90 valence electrons. The van der Waals surface area contributed by atoms with Crippen molar-refractivity contribution < 1.29 is 14.3 Å². The van der Waals surface area contributed by atoms with Crippen molar-refractivity contribution in [2.45, 2.75) is 23.4 Å². The lowest BCUT2D eigenvalue weighted by Crippen LogP contribution is -1.99. The van der Waals surface area contributed by atoms with E-state index in [-0.39, 0.29) is 6.42 Å². The second-order valence-corrected chi connectivity index (χ2v) is 5.56. The lowest BCUT2D eigenvalue weighted by Gasteiger charge is -1.93. The summed E-state index contributed by atoms with van der Waals surface area (Å²) in [5.74, 6) is 1.66. The quantitative estimate of drug-likeness (QED) is 0.845. The van der Waals surface area contributed by atoms with Gasteiger partial charge in [-0.05, 0) is 19.1 Å². The maximum atomic E-state index is 10.5. The Bertz CT molecular complexity index is 518. The van der Waals surface area contributed by atoms with E-state index in [9.17, 15) is 4.79 Å². The van der Waals surface area contributed by atoms with Gasteiger partial charge >= 0.3 is 5.97 Å². The van der Waals surface area contributed by atoms with Crippen molar-refractivity contribution in [2.75, 3.05) is 0 Å². The maximum Gasteiger partial charge on any atom is 0.309 e. The maximum absolute atomic E-state index is 10.5. The Morgan fingerprint density at radius 1 is 1.59 bits per heavy atom. The van der Waals surface area contributed by atoms with Crippen LogP contribution in [0.15, 0.2) is 26.3 Å². The second-order valence-electron chi connectivity index (χ2n) is 3.48. The fourth-order valence-corrected chi connectivity index (χ4v) is 3.03. The number of furan rings is 1. The van der Waals surface area contributed by atoms with Gasteiger partial charge in [-0.25, -0.2) is 4.98 Å². The fraction of sp³-hybridized carbons (Fsp3) is 0.273. The van der Waals surface area contributed by atoms with Crippen molar-refractivity contribution in [2.24, 2.45) is 0 Å². The van der Waals surface area contributed by atoms with E-state index in [1.807, 2.05) is 19.1 Å². The molecule has 0 unspecified atom stereocenters. The number of hydrogen-bond acceptors (Lipinski definition) is 5. The molecule has 0 saturated heterocycles. The number of aliphatic carboxylic acids is 1. The summed E-state index contributed by atoms with van der Waals surface area (Å²) in [6, 6.07) is 3.86. The molecular formula is C11H11NO3S2. The summed E-state index contributed by atoms with van der Waals surface area (Å²) in [7, 11) is 0. The molecule has 1 N–H and O–H groups in total. The highest BCUT2D eigenvalue weighted by molar-refractivity contribution is 8.00. The van der Waals surface area contributed by atoms with Crippen LogP contribution in [0.4, 0.5) is 0 Å². The molecule has 0 amide bonds. The van der Waals surface area contributed by atoms with Gasteiger partial charge < -0.3 is 9.52 Å². The van der Waals surface area contributed by atoms with Crippen molar-refractivity contribution in [3.8, 4) is 0 Å². The number of rotatable bonds is 5. The van der Waals surface area contributed by atoms with Crippen LogP contribution in [-0.2, 0) is 17.0 Å². The van der Waals surface area contributed by atoms with Crippen LogP contribution < -0.4 is 0 Å². The number of hydrogen-bond donors (Lipinski definition) is 1. The molecule has 0 saturated carbocycles. The summed E-state index contributed by atoms with van der Waals surface area (Å²) in [4.78, 5) is 14.7. The molecular weight excluding hydrogens is 258 g/mol. The van der Waals surface area contributed by atoms with Crippen molar-refractivity contribution in [1.82, 2.24) is 4.98 Å². The van der Waals surface area contributed by atoms with E-state index in [4.69, 9.17) is 9.52 Å². The molecule has 0 aliphatic carbocycles. The summed E-state index contributed by atoms with van der Waals surface area (Å²) < 4.78 is 6.31. The first-order chi connectivity index (χ1) is 8.13. The highest BCUT2D eigenvalue weighted by Crippen LogP contribution is 2.26. The first-order valence-corrected chi connectivity index (χ1v) is 6.84. The molecule has 0 atom stereocenters. The zero-order valence-electron chi connectivity index (χ0n) is 9.17. The van der Waals surface area contributed by atoms with Crippen LogP contribution in [-0.4, -0.2) is 16.1 Å². The average molecular weight is 269 g/mol. The van der Waals surface area contributed by atoms with Crippen LogP contribution in [0, 0.1) is 6.92 Å². The average Bonchev–Trinajstić information content (AvgIpc) is 2.84. The number of thiazole rings is 1. The van der Waals surface area contributed by atoms with Gasteiger partial charge in [-0.3, -0.25) is 4.79 Å². The Kier molecular flexibility index (Phi) is 3.86. The van der Waals surface area contributed by atoms with E-state index >= 15 is 0 Å². The molecule has 6 heteroatoms. The van der Waals surface area contributed by atoms with Gasteiger partial charge in [-0.2, -0.15) is 0 Å². The Morgan fingerprint density at radius 3 is 3.06 bits per heavy atom. The highest BCUT2D eigenvalue weighted by Gasteiger charge is 2.07. The van der Waals surface area contributed by atoms with Crippen LogP contribution >= 0.6 is 23.1 Å². The number of thioether (sulfide) groups is 1. The summed E-state index contributed by atoms with van der Waals surface area (Å²) >= 11 is 3.02. The van der Waals surface area contributed by atoms with Crippen molar-refractivity contribution in [1.29, 1.82) is 0 Å². The standard InChI is InChI=1S/C11H11NO3S2/c1-7-2-3-9(15-7)6-17-11-12-8(5-16-11)4-10(13)14/h2-3,5H,4,6H2,1H3,(H,13,14). The third-order valence-electron chi connectivity index (χ3n) is 2.00. The van der Waals surface area contributed by atoms with Gasteiger partial charge in [0, 0.05) is 5.38 Å². The van der Waals surface area contributed by atoms with Crippen LogP contribution in [0.25, 0.3) is 0 Å². The number of carbonyl (C=O) groups is 1. The molecule has 0 aliphatic heterocycles. The van der Waals surface area contributed by atoms with Gasteiger partial charge in [0.2, 0.25) is 0 Å². The molecule has 4 nitrogen and oxygen atoms in total. The van der Waals surface area contributed by atoms with E-state index in [1.54, 1.807) is 17.1 Å². The second kappa shape index (κ2) is 5.37. The van der Waals surface area contributed by atoms with E-state index in [1.165, 1.54) is 11.3 Å². The molecule has 2 heterocycles. The lowest BCUT2D eigenvalue weighted by atomic mass is 10.3. The zero-order chi connectivity index (χ0) is 12.3. The minimum absolute atomic E-state index is 0.0169. The predicted octanol–water partition coefficient (Wildman–Crippen LogP) is 2.96. The molecule has 2 aromatic heterocycles. The van der Waals surface area contributed by atoms with Gasteiger partial charge in [-0.1, -0.05) is 11.8 Å². The first kappa shape index (κ1) is 12.2. The van der Waals surface area contributed by atoms with Crippen LogP contribution in [0.3, 0.4) is 0 Å². The topological polar surface area (TPSA) is 63.3 Å². The van der Waals surface area contributed by atoms with E-state index in [0.29, 0.717) is 11.4 Å². The van der Waals surface area contributed by atoms with Gasteiger partial charge in [0.25, 0.3) is 0 Å². The van der Waals surface area contributed by atoms with E-state index in [0.717, 1.165) is 15.9 Å². The van der Waals surface area contributed by atoms with E-state index in [2.05, 4.69) is 4.98 Å². The number of aromatic nitrogens is 1. The van der Waals surface area contributed by atoms with Crippen molar-refractivity contribution in [3.63, 3.8) is 0 Å². The normalized spacial score (nSPS) is 10.6. The number of nitrogens with zero attached hydrogens (tertiary/aromatic N) is 1. The Labute approximate surface area is 107 Å². The smallest absolute Gasteiger partial charge is 0.309 e. The Balaban J connectivity index is 1.91. The Hall–Kier alpha value is -1.27. The summed E-state index contributed by atoms with van der Waals surface area (Å²) in [5.41, 5.74) is 0.612. The van der Waals surface area contributed by atoms with E-state index < -0.39 is 5.97 Å². The lowest BCUT2D eigenvalue weighted by molar-refractivity contribution is -0.136. The van der Waals surface area contributed by atoms with Gasteiger partial charge in [0.1, 0.15) is 11.5 Å². The minimum atomic E-state index is -0.853. The third-order valence-corrected chi connectivity index (χ3v) is 4.09. The molecule has 0 fully saturated rings. The molecule has 17 heavy (non-hydrogen) atoms. The summed E-state index contributed by atoms with van der Waals surface area (Å²) in [6.45, 7) is 1.91. The molecule has 2 aromatic rings. The van der Waals surface area contributed by atoms with Gasteiger partial charge in [-0.15, -0.1) is 11.3 Å². The Morgan fingerprint density at radius 2 is 2.41 bits per heavy atom. The summed E-state index contributed by atoms with van der Waals surface area (Å²) in [6.07, 6.45) is -0.0169. The highest BCUT2D eigenvalue weighted by atomic mass is 32.2. The molecule has 2 rings (SSSR count). The number of aryl methyl sites for hydroxylation is 1. The molecule has 0 aromatic carbocycles. The van der Waals surface area contributed by atoms with Gasteiger partial charge in [0.15, 0.2) is 4.34 Å². The van der Waals surface area contributed by atoms with Crippen molar-refractivity contribution >= 4 is 29.1 Å². The molecule has 0 bridgehead atoms. The first-order valence-electron chi connectivity index (χ1n) is 4.98. The van der Waals surface area contributed by atoms with Gasteiger partial charge in [0.05, 0.1) is 17.9 Å². The zero-order valence-corrected chi connectivity index (χ0v) is 10.8.